The number of esters is 1. The van der Waals surface area contributed by atoms with Gasteiger partial charge in [-0.2, -0.15) is 0 Å². The molecule has 0 aliphatic rings. The molecule has 0 amide bonds. The fourth-order valence-electron chi connectivity index (χ4n) is 1.96. The Morgan fingerprint density at radius 2 is 1.70 bits per heavy atom. The Hall–Kier alpha value is -2.33. The molecule has 1 heterocycles. The highest BCUT2D eigenvalue weighted by atomic mass is 32.1. The first-order valence-corrected chi connectivity index (χ1v) is 6.94. The molecule has 0 aliphatic carbocycles. The van der Waals surface area contributed by atoms with Crippen LogP contribution in [0.25, 0.3) is 10.1 Å². The molecule has 0 aliphatic heterocycles. The SMILES string of the molecule is COC(=O)c1sc2ccccc2c1Oc1ccccc1. The fraction of sp³-hybridized carbons (Fsp3) is 0.0625. The lowest BCUT2D eigenvalue weighted by Crippen LogP contribution is -2.00. The first-order valence-electron chi connectivity index (χ1n) is 6.12. The normalized spacial score (nSPS) is 10.4. The van der Waals surface area contributed by atoms with Gasteiger partial charge < -0.3 is 9.47 Å². The van der Waals surface area contributed by atoms with E-state index in [1.54, 1.807) is 0 Å². The predicted molar refractivity (Wildman–Crippen MR) is 79.7 cm³/mol. The number of methoxy groups -OCH3 is 1. The van der Waals surface area contributed by atoms with Gasteiger partial charge in [0.2, 0.25) is 0 Å². The summed E-state index contributed by atoms with van der Waals surface area (Å²) >= 11 is 1.38. The van der Waals surface area contributed by atoms with Gasteiger partial charge in [0.1, 0.15) is 5.75 Å². The molecule has 0 N–H and O–H groups in total. The van der Waals surface area contributed by atoms with Crippen molar-refractivity contribution in [2.24, 2.45) is 0 Å². The van der Waals surface area contributed by atoms with Crippen molar-refractivity contribution in [2.45, 2.75) is 0 Å². The lowest BCUT2D eigenvalue weighted by molar-refractivity contribution is 0.0604. The summed E-state index contributed by atoms with van der Waals surface area (Å²) < 4.78 is 11.7. The quantitative estimate of drug-likeness (QED) is 0.665. The van der Waals surface area contributed by atoms with Gasteiger partial charge in [-0.25, -0.2) is 4.79 Å². The minimum absolute atomic E-state index is 0.378. The Bertz CT molecular complexity index is 747. The zero-order valence-corrected chi connectivity index (χ0v) is 11.6. The zero-order valence-electron chi connectivity index (χ0n) is 10.8. The first kappa shape index (κ1) is 12.7. The molecular formula is C16H12O3S. The van der Waals surface area contributed by atoms with Crippen LogP contribution in [0.3, 0.4) is 0 Å². The Kier molecular flexibility index (Phi) is 3.39. The van der Waals surface area contributed by atoms with E-state index in [2.05, 4.69) is 0 Å². The molecule has 3 aromatic rings. The van der Waals surface area contributed by atoms with E-state index < -0.39 is 0 Å². The molecule has 0 spiro atoms. The minimum atomic E-state index is -0.378. The third kappa shape index (κ3) is 2.26. The highest BCUT2D eigenvalue weighted by Gasteiger charge is 2.20. The third-order valence-corrected chi connectivity index (χ3v) is 4.02. The van der Waals surface area contributed by atoms with E-state index in [9.17, 15) is 4.79 Å². The standard InChI is InChI=1S/C16H12O3S/c1-18-16(17)15-14(19-11-7-3-2-4-8-11)12-9-5-6-10-13(12)20-15/h2-10H,1H3. The molecule has 0 saturated carbocycles. The van der Waals surface area contributed by atoms with E-state index in [4.69, 9.17) is 9.47 Å². The second-order valence-electron chi connectivity index (χ2n) is 4.16. The van der Waals surface area contributed by atoms with Gasteiger partial charge in [-0.3, -0.25) is 0 Å². The van der Waals surface area contributed by atoms with Gasteiger partial charge in [0.15, 0.2) is 10.6 Å². The molecule has 0 radical (unpaired) electrons. The summed E-state index contributed by atoms with van der Waals surface area (Å²) in [6.07, 6.45) is 0. The van der Waals surface area contributed by atoms with E-state index in [-0.39, 0.29) is 5.97 Å². The molecule has 0 saturated heterocycles. The van der Waals surface area contributed by atoms with Crippen LogP contribution in [0.1, 0.15) is 9.67 Å². The van der Waals surface area contributed by atoms with E-state index in [0.29, 0.717) is 16.4 Å². The number of thiophene rings is 1. The van der Waals surface area contributed by atoms with Gasteiger partial charge in [-0.15, -0.1) is 11.3 Å². The van der Waals surface area contributed by atoms with E-state index in [1.807, 2.05) is 54.6 Å². The second kappa shape index (κ2) is 5.35. The molecule has 4 heteroatoms. The van der Waals surface area contributed by atoms with Crippen molar-refractivity contribution in [2.75, 3.05) is 7.11 Å². The Morgan fingerprint density at radius 1 is 1.00 bits per heavy atom. The fourth-order valence-corrected chi connectivity index (χ4v) is 3.00. The molecule has 3 nitrogen and oxygen atoms in total. The molecule has 3 rings (SSSR count). The summed E-state index contributed by atoms with van der Waals surface area (Å²) in [7, 11) is 1.37. The number of hydrogen-bond donors (Lipinski definition) is 0. The molecule has 0 bridgehead atoms. The lowest BCUT2D eigenvalue weighted by atomic mass is 10.2. The molecule has 20 heavy (non-hydrogen) atoms. The number of carbonyl (C=O) groups is 1. The van der Waals surface area contributed by atoms with Crippen molar-refractivity contribution in [3.63, 3.8) is 0 Å². The highest BCUT2D eigenvalue weighted by molar-refractivity contribution is 7.21. The molecule has 0 atom stereocenters. The summed E-state index contributed by atoms with van der Waals surface area (Å²) in [5, 5.41) is 0.918. The predicted octanol–water partition coefficient (Wildman–Crippen LogP) is 4.48. The monoisotopic (exact) mass is 284 g/mol. The van der Waals surface area contributed by atoms with Crippen molar-refractivity contribution >= 4 is 27.4 Å². The molecule has 1 aromatic heterocycles. The topological polar surface area (TPSA) is 35.5 Å². The number of fused-ring (bicyclic) bond motifs is 1. The van der Waals surface area contributed by atoms with Crippen molar-refractivity contribution < 1.29 is 14.3 Å². The summed E-state index contributed by atoms with van der Waals surface area (Å²) in [5.74, 6) is 0.877. The van der Waals surface area contributed by atoms with Crippen LogP contribution in [0, 0.1) is 0 Å². The largest absolute Gasteiger partial charge is 0.465 e. The van der Waals surface area contributed by atoms with Crippen LogP contribution in [0.15, 0.2) is 54.6 Å². The van der Waals surface area contributed by atoms with Crippen LogP contribution in [-0.4, -0.2) is 13.1 Å². The number of ether oxygens (including phenoxy) is 2. The zero-order chi connectivity index (χ0) is 13.9. The lowest BCUT2D eigenvalue weighted by Gasteiger charge is -2.06. The van der Waals surface area contributed by atoms with Crippen LogP contribution < -0.4 is 4.74 Å². The number of hydrogen-bond acceptors (Lipinski definition) is 4. The second-order valence-corrected chi connectivity index (χ2v) is 5.22. The number of carbonyl (C=O) groups excluding carboxylic acids is 1. The van der Waals surface area contributed by atoms with Crippen LogP contribution in [-0.2, 0) is 4.74 Å². The van der Waals surface area contributed by atoms with Gasteiger partial charge in [-0.1, -0.05) is 30.3 Å². The summed E-state index contributed by atoms with van der Waals surface area (Å²) in [4.78, 5) is 12.4. The molecular weight excluding hydrogens is 272 g/mol. The maximum atomic E-state index is 11.9. The molecule has 2 aromatic carbocycles. The van der Waals surface area contributed by atoms with Crippen LogP contribution in [0.4, 0.5) is 0 Å². The number of benzene rings is 2. The maximum absolute atomic E-state index is 11.9. The van der Waals surface area contributed by atoms with E-state index in [0.717, 1.165) is 10.1 Å². The van der Waals surface area contributed by atoms with Gasteiger partial charge in [-0.05, 0) is 24.3 Å². The highest BCUT2D eigenvalue weighted by Crippen LogP contribution is 2.40. The average Bonchev–Trinajstić information content (AvgIpc) is 2.86. The number of rotatable bonds is 3. The van der Waals surface area contributed by atoms with Crippen molar-refractivity contribution in [1.29, 1.82) is 0 Å². The van der Waals surface area contributed by atoms with Crippen LogP contribution >= 0.6 is 11.3 Å². The van der Waals surface area contributed by atoms with Crippen LogP contribution in [0.5, 0.6) is 11.5 Å². The van der Waals surface area contributed by atoms with Crippen molar-refractivity contribution in [3.05, 3.63) is 59.5 Å². The summed E-state index contributed by atoms with van der Waals surface area (Å²) in [6.45, 7) is 0. The summed E-state index contributed by atoms with van der Waals surface area (Å²) in [6, 6.07) is 17.2. The van der Waals surface area contributed by atoms with Crippen molar-refractivity contribution in [3.8, 4) is 11.5 Å². The van der Waals surface area contributed by atoms with Gasteiger partial charge in [0.25, 0.3) is 0 Å². The van der Waals surface area contributed by atoms with Crippen LogP contribution in [0.2, 0.25) is 0 Å². The number of para-hydroxylation sites is 1. The van der Waals surface area contributed by atoms with E-state index in [1.165, 1.54) is 18.4 Å². The smallest absolute Gasteiger partial charge is 0.351 e. The van der Waals surface area contributed by atoms with Gasteiger partial charge in [0.05, 0.1) is 7.11 Å². The van der Waals surface area contributed by atoms with Crippen molar-refractivity contribution in [1.82, 2.24) is 0 Å². The van der Waals surface area contributed by atoms with E-state index >= 15 is 0 Å². The Labute approximate surface area is 120 Å². The third-order valence-electron chi connectivity index (χ3n) is 2.88. The molecule has 100 valence electrons. The Morgan fingerprint density at radius 3 is 2.45 bits per heavy atom. The maximum Gasteiger partial charge on any atom is 0.351 e. The minimum Gasteiger partial charge on any atom is -0.465 e. The first-order chi connectivity index (χ1) is 9.79. The average molecular weight is 284 g/mol. The summed E-state index contributed by atoms with van der Waals surface area (Å²) in [5.41, 5.74) is 0. The molecule has 0 unspecified atom stereocenters. The van der Waals surface area contributed by atoms with Gasteiger partial charge in [0, 0.05) is 10.1 Å². The molecule has 0 fully saturated rings. The Balaban J connectivity index is 2.13. The van der Waals surface area contributed by atoms with Gasteiger partial charge >= 0.3 is 5.97 Å².